The van der Waals surface area contributed by atoms with Gasteiger partial charge in [-0.15, -0.1) is 12.4 Å². The van der Waals surface area contributed by atoms with E-state index in [4.69, 9.17) is 9.84 Å². The molecule has 0 fully saturated rings. The van der Waals surface area contributed by atoms with Gasteiger partial charge in [0.25, 0.3) is 0 Å². The van der Waals surface area contributed by atoms with E-state index >= 15 is 0 Å². The molecule has 0 aliphatic rings. The normalized spacial score (nSPS) is 8.65. The van der Waals surface area contributed by atoms with E-state index in [9.17, 15) is 4.79 Å². The van der Waals surface area contributed by atoms with Crippen molar-refractivity contribution in [1.82, 2.24) is 0 Å². The van der Waals surface area contributed by atoms with Gasteiger partial charge in [0.1, 0.15) is 5.75 Å². The van der Waals surface area contributed by atoms with Crippen LogP contribution in [0.15, 0.2) is 60.7 Å². The molecule has 0 radical (unpaired) electrons. The molecule has 0 bridgehead atoms. The summed E-state index contributed by atoms with van der Waals surface area (Å²) in [6, 6.07) is 18.0. The first kappa shape index (κ1) is 18.0. The predicted molar refractivity (Wildman–Crippen MR) is 82.4 cm³/mol. The monoisotopic (exact) mass is 294 g/mol. The van der Waals surface area contributed by atoms with Crippen molar-refractivity contribution >= 4 is 18.4 Å². The van der Waals surface area contributed by atoms with Gasteiger partial charge in [0, 0.05) is 0 Å². The van der Waals surface area contributed by atoms with E-state index in [0.29, 0.717) is 12.2 Å². The molecule has 4 heteroatoms. The Morgan fingerprint density at radius 3 is 1.85 bits per heavy atom. The Balaban J connectivity index is 0.000000434. The minimum Gasteiger partial charge on any atom is -0.508 e. The number of carbonyl (C=O) groups is 1. The van der Waals surface area contributed by atoms with E-state index in [1.807, 2.05) is 43.3 Å². The fourth-order valence-electron chi connectivity index (χ4n) is 1.26. The van der Waals surface area contributed by atoms with Crippen LogP contribution < -0.4 is 0 Å². The number of aromatic hydroxyl groups is 1. The minimum atomic E-state index is -0.346. The molecule has 0 aromatic heterocycles. The van der Waals surface area contributed by atoms with Crippen LogP contribution in [0.1, 0.15) is 23.7 Å². The SMILES string of the molecule is CCCOC(=O)c1ccc(O)cc1.Cl.c1ccccc1. The van der Waals surface area contributed by atoms with Crippen molar-refractivity contribution in [3.05, 3.63) is 66.2 Å². The molecule has 0 saturated heterocycles. The Labute approximate surface area is 125 Å². The lowest BCUT2D eigenvalue weighted by Crippen LogP contribution is -2.05. The lowest BCUT2D eigenvalue weighted by atomic mass is 10.2. The number of phenolic OH excluding ortho intramolecular Hbond substituents is 1. The highest BCUT2D eigenvalue weighted by molar-refractivity contribution is 5.89. The first-order chi connectivity index (χ1) is 9.24. The van der Waals surface area contributed by atoms with Gasteiger partial charge in [-0.3, -0.25) is 0 Å². The number of ether oxygens (including phenoxy) is 1. The van der Waals surface area contributed by atoms with Gasteiger partial charge in [-0.2, -0.15) is 0 Å². The van der Waals surface area contributed by atoms with E-state index in [1.54, 1.807) is 0 Å². The number of hydrogen-bond donors (Lipinski definition) is 1. The maximum atomic E-state index is 11.2. The zero-order chi connectivity index (χ0) is 13.9. The smallest absolute Gasteiger partial charge is 0.338 e. The van der Waals surface area contributed by atoms with Crippen LogP contribution >= 0.6 is 12.4 Å². The van der Waals surface area contributed by atoms with Gasteiger partial charge in [0.05, 0.1) is 12.2 Å². The topological polar surface area (TPSA) is 46.5 Å². The van der Waals surface area contributed by atoms with Gasteiger partial charge < -0.3 is 9.84 Å². The van der Waals surface area contributed by atoms with Crippen LogP contribution in [-0.4, -0.2) is 17.7 Å². The predicted octanol–water partition coefficient (Wildman–Crippen LogP) is 4.07. The van der Waals surface area contributed by atoms with Crippen LogP contribution in [0.3, 0.4) is 0 Å². The second-order valence-electron chi connectivity index (χ2n) is 3.84. The molecular formula is C16H19ClO3. The Hall–Kier alpha value is -2.00. The quantitative estimate of drug-likeness (QED) is 0.868. The summed E-state index contributed by atoms with van der Waals surface area (Å²) in [4.78, 5) is 11.2. The molecule has 0 atom stereocenters. The van der Waals surface area contributed by atoms with E-state index in [1.165, 1.54) is 24.3 Å². The molecule has 0 saturated carbocycles. The summed E-state index contributed by atoms with van der Waals surface area (Å²) in [6.07, 6.45) is 0.809. The number of esters is 1. The maximum absolute atomic E-state index is 11.2. The van der Waals surface area contributed by atoms with E-state index in [2.05, 4.69) is 0 Å². The van der Waals surface area contributed by atoms with E-state index in [-0.39, 0.29) is 24.1 Å². The molecule has 1 N–H and O–H groups in total. The number of rotatable bonds is 3. The summed E-state index contributed by atoms with van der Waals surface area (Å²) in [5.74, 6) is -0.200. The fraction of sp³-hybridized carbons (Fsp3) is 0.188. The third-order valence-corrected chi connectivity index (χ3v) is 2.21. The third kappa shape index (κ3) is 7.44. The molecule has 2 aromatic carbocycles. The molecule has 0 spiro atoms. The molecule has 20 heavy (non-hydrogen) atoms. The summed E-state index contributed by atoms with van der Waals surface area (Å²) < 4.78 is 4.90. The second-order valence-corrected chi connectivity index (χ2v) is 3.84. The van der Waals surface area contributed by atoms with E-state index in [0.717, 1.165) is 6.42 Å². The largest absolute Gasteiger partial charge is 0.508 e. The molecular weight excluding hydrogens is 276 g/mol. The molecule has 0 aliphatic carbocycles. The average molecular weight is 295 g/mol. The van der Waals surface area contributed by atoms with Crippen molar-refractivity contribution in [2.24, 2.45) is 0 Å². The summed E-state index contributed by atoms with van der Waals surface area (Å²) in [5, 5.41) is 8.96. The number of phenols is 1. The molecule has 0 amide bonds. The Bertz CT molecular complexity index is 442. The summed E-state index contributed by atoms with van der Waals surface area (Å²) >= 11 is 0. The fourth-order valence-corrected chi connectivity index (χ4v) is 1.26. The van der Waals surface area contributed by atoms with Gasteiger partial charge in [0.15, 0.2) is 0 Å². The minimum absolute atomic E-state index is 0. The van der Waals surface area contributed by atoms with Crippen LogP contribution in [0.25, 0.3) is 0 Å². The Kier molecular flexibility index (Phi) is 9.79. The highest BCUT2D eigenvalue weighted by Crippen LogP contribution is 2.10. The summed E-state index contributed by atoms with van der Waals surface area (Å²) in [7, 11) is 0. The number of hydrogen-bond acceptors (Lipinski definition) is 3. The van der Waals surface area contributed by atoms with Crippen LogP contribution in [0.2, 0.25) is 0 Å². The van der Waals surface area contributed by atoms with Gasteiger partial charge in [-0.1, -0.05) is 43.3 Å². The Morgan fingerprint density at radius 2 is 1.45 bits per heavy atom. The number of halogens is 1. The number of benzene rings is 2. The number of carbonyl (C=O) groups excluding carboxylic acids is 1. The van der Waals surface area contributed by atoms with Crippen molar-refractivity contribution in [1.29, 1.82) is 0 Å². The van der Waals surface area contributed by atoms with Gasteiger partial charge in [-0.25, -0.2) is 4.79 Å². The van der Waals surface area contributed by atoms with Crippen molar-refractivity contribution in [3.63, 3.8) is 0 Å². The molecule has 108 valence electrons. The zero-order valence-electron chi connectivity index (χ0n) is 11.4. The summed E-state index contributed by atoms with van der Waals surface area (Å²) in [6.45, 7) is 2.36. The van der Waals surface area contributed by atoms with Gasteiger partial charge in [-0.05, 0) is 30.7 Å². The van der Waals surface area contributed by atoms with E-state index < -0.39 is 0 Å². The highest BCUT2D eigenvalue weighted by atomic mass is 35.5. The highest BCUT2D eigenvalue weighted by Gasteiger charge is 2.05. The molecule has 2 rings (SSSR count). The zero-order valence-corrected chi connectivity index (χ0v) is 12.2. The van der Waals surface area contributed by atoms with Crippen LogP contribution in [0, 0.1) is 0 Å². The van der Waals surface area contributed by atoms with Crippen molar-refractivity contribution in [3.8, 4) is 5.75 Å². The van der Waals surface area contributed by atoms with Crippen molar-refractivity contribution in [2.75, 3.05) is 6.61 Å². The molecule has 0 unspecified atom stereocenters. The molecule has 0 heterocycles. The Morgan fingerprint density at radius 1 is 1.00 bits per heavy atom. The summed E-state index contributed by atoms with van der Waals surface area (Å²) in [5.41, 5.74) is 0.464. The first-order valence-corrected chi connectivity index (χ1v) is 6.20. The van der Waals surface area contributed by atoms with Gasteiger partial charge in [0.2, 0.25) is 0 Å². The van der Waals surface area contributed by atoms with Crippen molar-refractivity contribution in [2.45, 2.75) is 13.3 Å². The standard InChI is InChI=1S/C10H12O3.C6H6.ClH/c1-2-7-13-10(12)8-3-5-9(11)6-4-8;1-2-4-6-5-3-1;/h3-6,11H,2,7H2,1H3;1-6H;1H. The molecule has 2 aromatic rings. The average Bonchev–Trinajstić information content (AvgIpc) is 2.48. The maximum Gasteiger partial charge on any atom is 0.338 e. The first-order valence-electron chi connectivity index (χ1n) is 6.20. The van der Waals surface area contributed by atoms with Crippen LogP contribution in [0.5, 0.6) is 5.75 Å². The molecule has 3 nitrogen and oxygen atoms in total. The van der Waals surface area contributed by atoms with Crippen LogP contribution in [0.4, 0.5) is 0 Å². The molecule has 0 aliphatic heterocycles. The van der Waals surface area contributed by atoms with Gasteiger partial charge >= 0.3 is 5.97 Å². The second kappa shape index (κ2) is 10.9. The lowest BCUT2D eigenvalue weighted by molar-refractivity contribution is 0.0505. The van der Waals surface area contributed by atoms with Crippen molar-refractivity contribution < 1.29 is 14.6 Å². The lowest BCUT2D eigenvalue weighted by Gasteiger charge is -2.02. The third-order valence-electron chi connectivity index (χ3n) is 2.21. The van der Waals surface area contributed by atoms with Crippen LogP contribution in [-0.2, 0) is 4.74 Å².